The van der Waals surface area contributed by atoms with E-state index in [0.29, 0.717) is 6.04 Å². The first-order valence-electron chi connectivity index (χ1n) is 7.19. The van der Waals surface area contributed by atoms with Gasteiger partial charge in [-0.05, 0) is 36.6 Å². The van der Waals surface area contributed by atoms with Crippen molar-refractivity contribution in [3.8, 4) is 11.3 Å². The van der Waals surface area contributed by atoms with E-state index in [-0.39, 0.29) is 5.92 Å². The quantitative estimate of drug-likeness (QED) is 0.885. The summed E-state index contributed by atoms with van der Waals surface area (Å²) in [6.45, 7) is 0.762. The van der Waals surface area contributed by atoms with Crippen molar-refractivity contribution in [2.24, 2.45) is 5.92 Å². The molecule has 0 amide bonds. The molecular formula is C17H18N2O2. The van der Waals surface area contributed by atoms with Gasteiger partial charge in [0.1, 0.15) is 0 Å². The number of nitrogens with zero attached hydrogens (tertiary/aromatic N) is 1. The molecule has 0 atom stereocenters. The van der Waals surface area contributed by atoms with Crippen molar-refractivity contribution < 1.29 is 9.90 Å². The zero-order chi connectivity index (χ0) is 14.7. The number of hydrogen-bond donors (Lipinski definition) is 2. The summed E-state index contributed by atoms with van der Waals surface area (Å²) in [6, 6.07) is 14.5. The summed E-state index contributed by atoms with van der Waals surface area (Å²) in [5.74, 6) is -0.840. The molecule has 2 aromatic rings. The fraction of sp³-hybridized carbons (Fsp3) is 0.294. The molecule has 1 fully saturated rings. The highest BCUT2D eigenvalue weighted by Crippen LogP contribution is 2.27. The Balaban J connectivity index is 1.59. The first-order valence-corrected chi connectivity index (χ1v) is 7.19. The second-order valence-corrected chi connectivity index (χ2v) is 5.50. The Hall–Kier alpha value is -2.20. The van der Waals surface area contributed by atoms with E-state index < -0.39 is 5.97 Å². The third kappa shape index (κ3) is 3.28. The van der Waals surface area contributed by atoms with E-state index in [2.05, 4.69) is 28.5 Å². The van der Waals surface area contributed by atoms with Crippen LogP contribution in [0.3, 0.4) is 0 Å². The molecule has 1 aliphatic carbocycles. The molecule has 0 unspecified atom stereocenters. The van der Waals surface area contributed by atoms with Crippen LogP contribution < -0.4 is 5.32 Å². The summed E-state index contributed by atoms with van der Waals surface area (Å²) in [5, 5.41) is 12.3. The van der Waals surface area contributed by atoms with Crippen LogP contribution >= 0.6 is 0 Å². The molecule has 1 aromatic carbocycles. The molecule has 2 N–H and O–H groups in total. The minimum Gasteiger partial charge on any atom is -0.481 e. The summed E-state index contributed by atoms with van der Waals surface area (Å²) < 4.78 is 0. The summed E-state index contributed by atoms with van der Waals surface area (Å²) in [7, 11) is 0. The number of carbonyl (C=O) groups is 1. The molecular weight excluding hydrogens is 264 g/mol. The maximum atomic E-state index is 10.8. The Bertz CT molecular complexity index is 622. The number of hydrogen-bond acceptors (Lipinski definition) is 3. The van der Waals surface area contributed by atoms with Crippen LogP contribution in [0.4, 0.5) is 0 Å². The van der Waals surface area contributed by atoms with Gasteiger partial charge in [-0.3, -0.25) is 9.78 Å². The fourth-order valence-electron chi connectivity index (χ4n) is 2.62. The molecule has 0 saturated heterocycles. The number of carboxylic acids is 1. The van der Waals surface area contributed by atoms with Crippen molar-refractivity contribution in [3.05, 3.63) is 54.2 Å². The molecule has 0 radical (unpaired) electrons. The lowest BCUT2D eigenvalue weighted by Gasteiger charge is -2.33. The van der Waals surface area contributed by atoms with E-state index in [0.717, 1.165) is 30.6 Å². The van der Waals surface area contributed by atoms with Crippen LogP contribution in [0.1, 0.15) is 18.4 Å². The third-order valence-corrected chi connectivity index (χ3v) is 3.97. The third-order valence-electron chi connectivity index (χ3n) is 3.97. The Morgan fingerprint density at radius 2 is 2.10 bits per heavy atom. The molecule has 0 aliphatic heterocycles. The average molecular weight is 282 g/mol. The molecule has 108 valence electrons. The second kappa shape index (κ2) is 6.06. The lowest BCUT2D eigenvalue weighted by atomic mass is 9.80. The zero-order valence-electron chi connectivity index (χ0n) is 11.7. The van der Waals surface area contributed by atoms with Gasteiger partial charge in [-0.15, -0.1) is 0 Å². The summed E-state index contributed by atoms with van der Waals surface area (Å²) in [6.07, 6.45) is 3.26. The first-order chi connectivity index (χ1) is 10.2. The number of carboxylic acid groups (broad SMARTS) is 1. The van der Waals surface area contributed by atoms with Crippen molar-refractivity contribution in [2.75, 3.05) is 0 Å². The molecule has 1 heterocycles. The molecule has 1 aromatic heterocycles. The van der Waals surface area contributed by atoms with Crippen molar-refractivity contribution in [1.82, 2.24) is 10.3 Å². The van der Waals surface area contributed by atoms with Gasteiger partial charge >= 0.3 is 5.97 Å². The van der Waals surface area contributed by atoms with E-state index in [4.69, 9.17) is 5.11 Å². The van der Waals surface area contributed by atoms with Crippen molar-refractivity contribution >= 4 is 5.97 Å². The zero-order valence-corrected chi connectivity index (χ0v) is 11.7. The number of aromatic nitrogens is 1. The van der Waals surface area contributed by atoms with Crippen molar-refractivity contribution in [2.45, 2.75) is 25.4 Å². The maximum Gasteiger partial charge on any atom is 0.306 e. The average Bonchev–Trinajstić information content (AvgIpc) is 2.46. The molecule has 4 heteroatoms. The van der Waals surface area contributed by atoms with E-state index in [1.807, 2.05) is 24.3 Å². The molecule has 21 heavy (non-hydrogen) atoms. The van der Waals surface area contributed by atoms with Crippen LogP contribution in [-0.4, -0.2) is 22.1 Å². The number of rotatable bonds is 5. The van der Waals surface area contributed by atoms with Gasteiger partial charge in [0.25, 0.3) is 0 Å². The van der Waals surface area contributed by atoms with Crippen LogP contribution in [-0.2, 0) is 11.3 Å². The van der Waals surface area contributed by atoms with Crippen LogP contribution in [0.5, 0.6) is 0 Å². The number of pyridine rings is 1. The lowest BCUT2D eigenvalue weighted by molar-refractivity contribution is -0.145. The molecule has 4 nitrogen and oxygen atoms in total. The standard InChI is InChI=1S/C17H18N2O2/c20-17(21)14-9-15(10-14)19-11-12-4-3-5-13(8-12)16-6-1-2-7-18-16/h1-8,14-15,19H,9-11H2,(H,20,21). The van der Waals surface area contributed by atoms with Crippen LogP contribution in [0, 0.1) is 5.92 Å². The minimum absolute atomic E-state index is 0.164. The highest BCUT2D eigenvalue weighted by atomic mass is 16.4. The number of aliphatic carboxylic acids is 1. The maximum absolute atomic E-state index is 10.8. The number of benzene rings is 1. The second-order valence-electron chi connectivity index (χ2n) is 5.50. The van der Waals surface area contributed by atoms with Crippen LogP contribution in [0.2, 0.25) is 0 Å². The van der Waals surface area contributed by atoms with Crippen LogP contribution in [0.15, 0.2) is 48.7 Å². The first kappa shape index (κ1) is 13.8. The highest BCUT2D eigenvalue weighted by molar-refractivity contribution is 5.71. The lowest BCUT2D eigenvalue weighted by Crippen LogP contribution is -2.43. The highest BCUT2D eigenvalue weighted by Gasteiger charge is 2.33. The summed E-state index contributed by atoms with van der Waals surface area (Å²) in [5.41, 5.74) is 3.26. The molecule has 0 bridgehead atoms. The van der Waals surface area contributed by atoms with Gasteiger partial charge in [-0.2, -0.15) is 0 Å². The van der Waals surface area contributed by atoms with Gasteiger partial charge in [0, 0.05) is 24.3 Å². The van der Waals surface area contributed by atoms with Gasteiger partial charge in [0.05, 0.1) is 11.6 Å². The fourth-order valence-corrected chi connectivity index (χ4v) is 2.62. The number of nitrogens with one attached hydrogen (secondary N) is 1. The minimum atomic E-state index is -0.676. The normalized spacial score (nSPS) is 20.8. The van der Waals surface area contributed by atoms with Gasteiger partial charge in [-0.1, -0.05) is 24.3 Å². The van der Waals surface area contributed by atoms with Crippen molar-refractivity contribution in [1.29, 1.82) is 0 Å². The van der Waals surface area contributed by atoms with Crippen molar-refractivity contribution in [3.63, 3.8) is 0 Å². The van der Waals surface area contributed by atoms with Gasteiger partial charge in [0.15, 0.2) is 0 Å². The molecule has 1 saturated carbocycles. The largest absolute Gasteiger partial charge is 0.481 e. The van der Waals surface area contributed by atoms with E-state index in [1.165, 1.54) is 5.56 Å². The predicted octanol–water partition coefficient (Wildman–Crippen LogP) is 2.70. The summed E-state index contributed by atoms with van der Waals surface area (Å²) >= 11 is 0. The predicted molar refractivity (Wildman–Crippen MR) is 80.7 cm³/mol. The Labute approximate surface area is 123 Å². The molecule has 0 spiro atoms. The van der Waals surface area contributed by atoms with Gasteiger partial charge in [0.2, 0.25) is 0 Å². The Morgan fingerprint density at radius 3 is 2.81 bits per heavy atom. The Morgan fingerprint density at radius 1 is 1.24 bits per heavy atom. The Kier molecular flexibility index (Phi) is 3.97. The van der Waals surface area contributed by atoms with E-state index in [1.54, 1.807) is 6.20 Å². The molecule has 3 rings (SSSR count). The summed E-state index contributed by atoms with van der Waals surface area (Å²) in [4.78, 5) is 15.1. The molecule has 1 aliphatic rings. The van der Waals surface area contributed by atoms with Crippen LogP contribution in [0.25, 0.3) is 11.3 Å². The van der Waals surface area contributed by atoms with E-state index in [9.17, 15) is 4.79 Å². The monoisotopic (exact) mass is 282 g/mol. The SMILES string of the molecule is O=C(O)C1CC(NCc2cccc(-c3ccccn3)c2)C1. The van der Waals surface area contributed by atoms with Gasteiger partial charge in [-0.25, -0.2) is 0 Å². The smallest absolute Gasteiger partial charge is 0.306 e. The topological polar surface area (TPSA) is 62.2 Å². The van der Waals surface area contributed by atoms with E-state index >= 15 is 0 Å². The van der Waals surface area contributed by atoms with Gasteiger partial charge < -0.3 is 10.4 Å².